The topological polar surface area (TPSA) is 57.0 Å². The van der Waals surface area contributed by atoms with E-state index in [-0.39, 0.29) is 15.9 Å². The van der Waals surface area contributed by atoms with Crippen molar-refractivity contribution in [1.82, 2.24) is 4.98 Å². The summed E-state index contributed by atoms with van der Waals surface area (Å²) in [5.41, 5.74) is 0.925. The van der Waals surface area contributed by atoms with Crippen LogP contribution in [0.5, 0.6) is 0 Å². The number of amides is 1. The van der Waals surface area contributed by atoms with Gasteiger partial charge in [-0.25, -0.2) is 4.98 Å². The van der Waals surface area contributed by atoms with Gasteiger partial charge in [0.1, 0.15) is 16.9 Å². The first-order valence-electron chi connectivity index (χ1n) is 5.64. The van der Waals surface area contributed by atoms with Crippen LogP contribution in [-0.2, 0) is 0 Å². The standard InChI is InChI=1S/C14H9Cl2N3O/c1-19(11-5-3-2-4-9(11)8-17)14(20)13-10(15)6-7-12(16)18-13/h2-7H,1H3. The molecule has 1 aromatic heterocycles. The molecule has 0 bridgehead atoms. The molecule has 0 atom stereocenters. The van der Waals surface area contributed by atoms with Crippen molar-refractivity contribution in [2.24, 2.45) is 0 Å². The monoisotopic (exact) mass is 305 g/mol. The summed E-state index contributed by atoms with van der Waals surface area (Å²) in [5, 5.41) is 9.46. The van der Waals surface area contributed by atoms with Gasteiger partial charge in [0.15, 0.2) is 0 Å². The summed E-state index contributed by atoms with van der Waals surface area (Å²) in [6, 6.07) is 11.8. The highest BCUT2D eigenvalue weighted by molar-refractivity contribution is 6.35. The first kappa shape index (κ1) is 14.3. The fourth-order valence-corrected chi connectivity index (χ4v) is 2.03. The number of nitriles is 1. The fraction of sp³-hybridized carbons (Fsp3) is 0.0714. The average Bonchev–Trinajstić information content (AvgIpc) is 2.48. The van der Waals surface area contributed by atoms with E-state index in [1.165, 1.54) is 17.0 Å². The predicted molar refractivity (Wildman–Crippen MR) is 78.1 cm³/mol. The molecule has 0 unspecified atom stereocenters. The van der Waals surface area contributed by atoms with Crippen LogP contribution in [0.4, 0.5) is 5.69 Å². The Morgan fingerprint density at radius 3 is 2.65 bits per heavy atom. The van der Waals surface area contributed by atoms with Crippen LogP contribution >= 0.6 is 23.2 Å². The molecule has 0 fully saturated rings. The number of anilines is 1. The van der Waals surface area contributed by atoms with Crippen LogP contribution in [0.3, 0.4) is 0 Å². The van der Waals surface area contributed by atoms with Gasteiger partial charge in [0.05, 0.1) is 16.3 Å². The highest BCUT2D eigenvalue weighted by atomic mass is 35.5. The van der Waals surface area contributed by atoms with Gasteiger partial charge in [0.25, 0.3) is 5.91 Å². The number of aromatic nitrogens is 1. The van der Waals surface area contributed by atoms with Crippen molar-refractivity contribution in [3.05, 3.63) is 57.8 Å². The lowest BCUT2D eigenvalue weighted by Crippen LogP contribution is -2.28. The van der Waals surface area contributed by atoms with Crippen LogP contribution < -0.4 is 4.90 Å². The van der Waals surface area contributed by atoms with Gasteiger partial charge in [-0.2, -0.15) is 5.26 Å². The molecule has 0 saturated heterocycles. The number of hydrogen-bond acceptors (Lipinski definition) is 3. The van der Waals surface area contributed by atoms with Gasteiger partial charge < -0.3 is 4.90 Å². The number of carbonyl (C=O) groups excluding carboxylic acids is 1. The molecular formula is C14H9Cl2N3O. The lowest BCUT2D eigenvalue weighted by molar-refractivity contribution is 0.0988. The molecule has 1 heterocycles. The average molecular weight is 306 g/mol. The number of hydrogen-bond donors (Lipinski definition) is 0. The quantitative estimate of drug-likeness (QED) is 0.797. The molecular weight excluding hydrogens is 297 g/mol. The first-order chi connectivity index (χ1) is 9.54. The van der Waals surface area contributed by atoms with Gasteiger partial charge in [-0.3, -0.25) is 4.79 Å². The van der Waals surface area contributed by atoms with E-state index in [1.807, 2.05) is 6.07 Å². The lowest BCUT2D eigenvalue weighted by atomic mass is 10.1. The van der Waals surface area contributed by atoms with E-state index in [4.69, 9.17) is 28.5 Å². The maximum atomic E-state index is 12.4. The Morgan fingerprint density at radius 1 is 1.25 bits per heavy atom. The smallest absolute Gasteiger partial charge is 0.278 e. The molecule has 4 nitrogen and oxygen atoms in total. The van der Waals surface area contributed by atoms with Crippen molar-refractivity contribution >= 4 is 34.8 Å². The van der Waals surface area contributed by atoms with Gasteiger partial charge in [-0.05, 0) is 24.3 Å². The number of benzene rings is 1. The Morgan fingerprint density at radius 2 is 1.95 bits per heavy atom. The molecule has 20 heavy (non-hydrogen) atoms. The van der Waals surface area contributed by atoms with Crippen molar-refractivity contribution in [1.29, 1.82) is 5.26 Å². The first-order valence-corrected chi connectivity index (χ1v) is 6.39. The molecule has 100 valence electrons. The molecule has 0 spiro atoms. The van der Waals surface area contributed by atoms with Crippen LogP contribution in [0.15, 0.2) is 36.4 Å². The minimum Gasteiger partial charge on any atom is -0.309 e. The van der Waals surface area contributed by atoms with Gasteiger partial charge in [-0.1, -0.05) is 35.3 Å². The summed E-state index contributed by atoms with van der Waals surface area (Å²) in [7, 11) is 1.55. The molecule has 6 heteroatoms. The second-order valence-electron chi connectivity index (χ2n) is 3.96. The maximum absolute atomic E-state index is 12.4. The molecule has 0 aliphatic rings. The van der Waals surface area contributed by atoms with Crippen LogP contribution in [0.25, 0.3) is 0 Å². The molecule has 0 aliphatic carbocycles. The van der Waals surface area contributed by atoms with Crippen LogP contribution in [0.1, 0.15) is 16.1 Å². The Labute approximate surface area is 126 Å². The Hall–Kier alpha value is -2.09. The highest BCUT2D eigenvalue weighted by Gasteiger charge is 2.20. The number of rotatable bonds is 2. The molecule has 0 radical (unpaired) electrons. The van der Waals surface area contributed by atoms with E-state index < -0.39 is 5.91 Å². The van der Waals surface area contributed by atoms with Gasteiger partial charge in [0, 0.05) is 7.05 Å². The summed E-state index contributed by atoms with van der Waals surface area (Å²) in [5.74, 6) is -0.430. The van der Waals surface area contributed by atoms with Crippen LogP contribution in [0.2, 0.25) is 10.2 Å². The Kier molecular flexibility index (Phi) is 4.23. The van der Waals surface area contributed by atoms with Gasteiger partial charge in [-0.15, -0.1) is 0 Å². The normalized spacial score (nSPS) is 9.90. The molecule has 1 amide bonds. The third-order valence-electron chi connectivity index (χ3n) is 2.71. The largest absolute Gasteiger partial charge is 0.309 e. The minimum atomic E-state index is -0.430. The number of nitrogens with zero attached hydrogens (tertiary/aromatic N) is 3. The second-order valence-corrected chi connectivity index (χ2v) is 4.75. The summed E-state index contributed by atoms with van der Waals surface area (Å²) in [4.78, 5) is 17.7. The zero-order chi connectivity index (χ0) is 14.7. The SMILES string of the molecule is CN(C(=O)c1nc(Cl)ccc1Cl)c1ccccc1C#N. The zero-order valence-electron chi connectivity index (χ0n) is 10.5. The van der Waals surface area contributed by atoms with E-state index in [0.717, 1.165) is 0 Å². The number of carbonyl (C=O) groups is 1. The van der Waals surface area contributed by atoms with E-state index in [0.29, 0.717) is 11.3 Å². The number of pyridine rings is 1. The third-order valence-corrected chi connectivity index (χ3v) is 3.22. The summed E-state index contributed by atoms with van der Waals surface area (Å²) in [6.45, 7) is 0. The summed E-state index contributed by atoms with van der Waals surface area (Å²) in [6.07, 6.45) is 0. The van der Waals surface area contributed by atoms with Crippen molar-refractivity contribution in [3.63, 3.8) is 0 Å². The maximum Gasteiger partial charge on any atom is 0.278 e. The van der Waals surface area contributed by atoms with Gasteiger partial charge in [0.2, 0.25) is 0 Å². The number of halogens is 2. The lowest BCUT2D eigenvalue weighted by Gasteiger charge is -2.18. The molecule has 2 rings (SSSR count). The third kappa shape index (κ3) is 2.74. The van der Waals surface area contributed by atoms with Crippen molar-refractivity contribution in [2.45, 2.75) is 0 Å². The van der Waals surface area contributed by atoms with Crippen LogP contribution in [0, 0.1) is 11.3 Å². The molecule has 1 aromatic carbocycles. The predicted octanol–water partition coefficient (Wildman–Crippen LogP) is 3.54. The summed E-state index contributed by atoms with van der Waals surface area (Å²) >= 11 is 11.7. The van der Waals surface area contributed by atoms with Crippen molar-refractivity contribution in [3.8, 4) is 6.07 Å². The van der Waals surface area contributed by atoms with Crippen molar-refractivity contribution in [2.75, 3.05) is 11.9 Å². The van der Waals surface area contributed by atoms with Crippen LogP contribution in [-0.4, -0.2) is 17.9 Å². The second kappa shape index (κ2) is 5.91. The van der Waals surface area contributed by atoms with Gasteiger partial charge >= 0.3 is 0 Å². The van der Waals surface area contributed by atoms with E-state index >= 15 is 0 Å². The van der Waals surface area contributed by atoms with E-state index in [9.17, 15) is 4.79 Å². The minimum absolute atomic E-state index is 0.0504. The Balaban J connectivity index is 2.43. The molecule has 0 N–H and O–H groups in total. The fourth-order valence-electron chi connectivity index (χ4n) is 1.70. The van der Waals surface area contributed by atoms with E-state index in [2.05, 4.69) is 4.98 Å². The highest BCUT2D eigenvalue weighted by Crippen LogP contribution is 2.23. The molecule has 0 saturated carbocycles. The van der Waals surface area contributed by atoms with Crippen molar-refractivity contribution < 1.29 is 4.79 Å². The zero-order valence-corrected chi connectivity index (χ0v) is 12.0. The summed E-state index contributed by atoms with van der Waals surface area (Å²) < 4.78 is 0. The van der Waals surface area contributed by atoms with E-state index in [1.54, 1.807) is 31.3 Å². The Bertz CT molecular complexity index is 710. The molecule has 0 aliphatic heterocycles. The molecule has 2 aromatic rings. The number of para-hydroxylation sites is 1.